The van der Waals surface area contributed by atoms with Gasteiger partial charge in [0.1, 0.15) is 12.1 Å². The van der Waals surface area contributed by atoms with Crippen LogP contribution in [0.5, 0.6) is 0 Å². The Morgan fingerprint density at radius 1 is 1.21 bits per heavy atom. The summed E-state index contributed by atoms with van der Waals surface area (Å²) in [7, 11) is 0. The van der Waals surface area contributed by atoms with Crippen LogP contribution in [0.3, 0.4) is 0 Å². The van der Waals surface area contributed by atoms with Crippen LogP contribution in [-0.4, -0.2) is 31.5 Å². The van der Waals surface area contributed by atoms with Gasteiger partial charge in [0.05, 0.1) is 16.1 Å². The van der Waals surface area contributed by atoms with Crippen molar-refractivity contribution in [1.82, 2.24) is 15.0 Å². The van der Waals surface area contributed by atoms with Crippen molar-refractivity contribution >= 4 is 28.4 Å². The third-order valence-corrected chi connectivity index (χ3v) is 10.4. The summed E-state index contributed by atoms with van der Waals surface area (Å²) in [5, 5.41) is 19.6. The van der Waals surface area contributed by atoms with Crippen LogP contribution in [-0.2, 0) is 11.3 Å². The summed E-state index contributed by atoms with van der Waals surface area (Å²) >= 11 is 6.26. The van der Waals surface area contributed by atoms with Crippen LogP contribution in [0.4, 0.5) is 0 Å². The lowest BCUT2D eigenvalue weighted by Gasteiger charge is -2.47. The molecule has 2 aromatic rings. The predicted molar refractivity (Wildman–Crippen MR) is 136 cm³/mol. The van der Waals surface area contributed by atoms with Crippen LogP contribution in [0, 0.1) is 35.0 Å². The van der Waals surface area contributed by atoms with Crippen LogP contribution in [0.2, 0.25) is 5.02 Å². The smallest absolute Gasteiger partial charge is 0.157 e. The highest BCUT2D eigenvalue weighted by molar-refractivity contribution is 6.34. The summed E-state index contributed by atoms with van der Waals surface area (Å²) in [6, 6.07) is 5.63. The van der Waals surface area contributed by atoms with E-state index in [1.165, 1.54) is 32.1 Å². The SMILES string of the molecule is C[C@@H]1CC[C@H](C(=O)Cn2nnc3c(Cl)cccc32)[C@@]1(C)CC[C@H]1CCC[C@@H]2C[C@](C)(O)CC[C@H]12. The average molecular weight is 486 g/mol. The molecule has 0 radical (unpaired) electrons. The third-order valence-electron chi connectivity index (χ3n) is 10.1. The molecule has 0 aliphatic heterocycles. The highest BCUT2D eigenvalue weighted by Gasteiger charge is 2.48. The van der Waals surface area contributed by atoms with Crippen molar-refractivity contribution in [3.05, 3.63) is 23.2 Å². The van der Waals surface area contributed by atoms with Crippen LogP contribution >= 0.6 is 11.6 Å². The summed E-state index contributed by atoms with van der Waals surface area (Å²) in [5.74, 6) is 3.10. The molecule has 7 atom stereocenters. The van der Waals surface area contributed by atoms with Crippen molar-refractivity contribution in [2.45, 2.75) is 97.1 Å². The highest BCUT2D eigenvalue weighted by atomic mass is 35.5. The van der Waals surface area contributed by atoms with Gasteiger partial charge in [0.25, 0.3) is 0 Å². The number of Topliss-reactive ketones (excluding diaryl/α,β-unsaturated/α-hetero) is 1. The lowest BCUT2D eigenvalue weighted by Crippen LogP contribution is -2.42. The molecule has 1 aromatic heterocycles. The molecule has 3 saturated carbocycles. The number of ketones is 1. The topological polar surface area (TPSA) is 68.0 Å². The summed E-state index contributed by atoms with van der Waals surface area (Å²) in [5.41, 5.74) is 1.06. The fourth-order valence-corrected chi connectivity index (χ4v) is 8.09. The maximum Gasteiger partial charge on any atom is 0.157 e. The van der Waals surface area contributed by atoms with Crippen LogP contribution in [0.25, 0.3) is 11.0 Å². The number of carbonyl (C=O) groups is 1. The molecule has 0 bridgehead atoms. The van der Waals surface area contributed by atoms with Gasteiger partial charge in [-0.15, -0.1) is 5.10 Å². The zero-order valence-corrected chi connectivity index (χ0v) is 21.7. The van der Waals surface area contributed by atoms with E-state index in [9.17, 15) is 9.90 Å². The molecule has 0 amide bonds. The van der Waals surface area contributed by atoms with E-state index < -0.39 is 5.60 Å². The number of aliphatic hydroxyl groups is 1. The number of carbonyl (C=O) groups excluding carboxylic acids is 1. The number of nitrogens with zero attached hydrogens (tertiary/aromatic N) is 3. The number of fused-ring (bicyclic) bond motifs is 2. The molecule has 186 valence electrons. The van der Waals surface area contributed by atoms with Gasteiger partial charge in [0.15, 0.2) is 5.78 Å². The number of aromatic nitrogens is 3. The van der Waals surface area contributed by atoms with Gasteiger partial charge < -0.3 is 5.11 Å². The zero-order chi connectivity index (χ0) is 24.1. The quantitative estimate of drug-likeness (QED) is 0.510. The second kappa shape index (κ2) is 9.20. The molecular weight excluding hydrogens is 446 g/mol. The molecule has 0 unspecified atom stereocenters. The minimum atomic E-state index is -0.470. The number of benzene rings is 1. The summed E-state index contributed by atoms with van der Waals surface area (Å²) in [6.07, 6.45) is 11.4. The number of hydrogen-bond acceptors (Lipinski definition) is 4. The van der Waals surface area contributed by atoms with Crippen molar-refractivity contribution in [3.8, 4) is 0 Å². The molecule has 5 rings (SSSR count). The Hall–Kier alpha value is -1.46. The molecule has 1 heterocycles. The van der Waals surface area contributed by atoms with Crippen molar-refractivity contribution in [2.24, 2.45) is 35.0 Å². The van der Waals surface area contributed by atoms with Gasteiger partial charge >= 0.3 is 0 Å². The third kappa shape index (κ3) is 4.43. The molecular formula is C28H40ClN3O2. The van der Waals surface area contributed by atoms with E-state index in [4.69, 9.17) is 11.6 Å². The Morgan fingerprint density at radius 3 is 2.85 bits per heavy atom. The molecule has 6 heteroatoms. The first-order chi connectivity index (χ1) is 16.2. The van der Waals surface area contributed by atoms with Gasteiger partial charge in [-0.25, -0.2) is 4.68 Å². The van der Waals surface area contributed by atoms with Crippen molar-refractivity contribution in [3.63, 3.8) is 0 Å². The van der Waals surface area contributed by atoms with Gasteiger partial charge in [-0.2, -0.15) is 0 Å². The Balaban J connectivity index is 1.28. The van der Waals surface area contributed by atoms with Gasteiger partial charge in [-0.3, -0.25) is 4.79 Å². The molecule has 5 nitrogen and oxygen atoms in total. The first kappa shape index (κ1) is 24.2. The first-order valence-corrected chi connectivity index (χ1v) is 13.8. The zero-order valence-electron chi connectivity index (χ0n) is 21.0. The van der Waals surface area contributed by atoms with Crippen LogP contribution in [0.1, 0.15) is 85.0 Å². The van der Waals surface area contributed by atoms with E-state index >= 15 is 0 Å². The number of rotatable bonds is 6. The second-order valence-electron chi connectivity index (χ2n) is 12.3. The Morgan fingerprint density at radius 2 is 2.03 bits per heavy atom. The summed E-state index contributed by atoms with van der Waals surface area (Å²) < 4.78 is 1.73. The van der Waals surface area contributed by atoms with Crippen LogP contribution in [0.15, 0.2) is 18.2 Å². The lowest BCUT2D eigenvalue weighted by molar-refractivity contribution is -0.127. The highest BCUT2D eigenvalue weighted by Crippen LogP contribution is 2.54. The summed E-state index contributed by atoms with van der Waals surface area (Å²) in [6.45, 7) is 7.01. The van der Waals surface area contributed by atoms with Gasteiger partial charge in [-0.1, -0.05) is 56.0 Å². The normalized spacial score (nSPS) is 38.2. The Kier molecular flexibility index (Phi) is 6.56. The first-order valence-electron chi connectivity index (χ1n) is 13.4. The number of hydrogen-bond donors (Lipinski definition) is 1. The largest absolute Gasteiger partial charge is 0.390 e. The van der Waals surface area contributed by atoms with Crippen molar-refractivity contribution in [1.29, 1.82) is 0 Å². The molecule has 1 aromatic carbocycles. The monoisotopic (exact) mass is 485 g/mol. The maximum absolute atomic E-state index is 13.6. The minimum Gasteiger partial charge on any atom is -0.390 e. The van der Waals surface area contributed by atoms with Crippen molar-refractivity contribution in [2.75, 3.05) is 0 Å². The molecule has 0 saturated heterocycles. The van der Waals surface area contributed by atoms with E-state index in [0.29, 0.717) is 22.4 Å². The van der Waals surface area contributed by atoms with Gasteiger partial charge in [0, 0.05) is 5.92 Å². The number of halogens is 1. The van der Waals surface area contributed by atoms with Gasteiger partial charge in [-0.05, 0) is 93.1 Å². The average Bonchev–Trinajstić information content (AvgIpc) is 3.33. The van der Waals surface area contributed by atoms with Crippen molar-refractivity contribution < 1.29 is 9.90 Å². The fourth-order valence-electron chi connectivity index (χ4n) is 7.88. The molecule has 3 aliphatic rings. The standard InChI is InChI=1S/C28H40ClN3O2/c1-18-10-11-22(25(33)17-32-24-9-5-8-23(29)26(24)30-31-32)28(18,3)15-12-19-6-4-7-20-16-27(2,34)14-13-21(19)20/h5,8-9,18-22,34H,4,6-7,10-17H2,1-3H3/t18-,19-,20-,21-,22-,27-,28+/m1/s1. The van der Waals surface area contributed by atoms with Crippen LogP contribution < -0.4 is 0 Å². The van der Waals surface area contributed by atoms with E-state index in [1.54, 1.807) is 4.68 Å². The Bertz CT molecular complexity index is 1050. The maximum atomic E-state index is 13.6. The van der Waals surface area contributed by atoms with E-state index in [1.807, 2.05) is 25.1 Å². The lowest BCUT2D eigenvalue weighted by atomic mass is 9.59. The van der Waals surface area contributed by atoms with E-state index in [-0.39, 0.29) is 23.7 Å². The predicted octanol–water partition coefficient (Wildman–Crippen LogP) is 6.45. The second-order valence-corrected chi connectivity index (χ2v) is 12.7. The molecule has 34 heavy (non-hydrogen) atoms. The molecule has 3 aliphatic carbocycles. The van der Waals surface area contributed by atoms with Gasteiger partial charge in [0.2, 0.25) is 0 Å². The molecule has 3 fully saturated rings. The summed E-state index contributed by atoms with van der Waals surface area (Å²) in [4.78, 5) is 13.6. The fraction of sp³-hybridized carbons (Fsp3) is 0.750. The molecule has 0 spiro atoms. The molecule has 1 N–H and O–H groups in total. The van der Waals surface area contributed by atoms with E-state index in [0.717, 1.165) is 49.5 Å². The minimum absolute atomic E-state index is 0.0399. The van der Waals surface area contributed by atoms with E-state index in [2.05, 4.69) is 24.2 Å². The Labute approximate surface area is 208 Å².